The molecule has 1 saturated heterocycles. The summed E-state index contributed by atoms with van der Waals surface area (Å²) >= 11 is 5.89. The molecule has 2 rings (SSSR count). The molecule has 0 spiro atoms. The summed E-state index contributed by atoms with van der Waals surface area (Å²) < 4.78 is 39.7. The molecule has 1 aromatic carbocycles. The van der Waals surface area contributed by atoms with E-state index in [9.17, 15) is 12.8 Å². The summed E-state index contributed by atoms with van der Waals surface area (Å²) in [5.74, 6) is -0.621. The molecule has 1 unspecified atom stereocenters. The normalized spacial score (nSPS) is 21.5. The number of hydrogen-bond acceptors (Lipinski definition) is 3. The van der Waals surface area contributed by atoms with Gasteiger partial charge in [0.1, 0.15) is 10.7 Å². The van der Waals surface area contributed by atoms with Crippen LogP contribution in [0.4, 0.5) is 4.39 Å². The van der Waals surface area contributed by atoms with E-state index in [1.165, 1.54) is 10.4 Å². The summed E-state index contributed by atoms with van der Waals surface area (Å²) in [5, 5.41) is 0.0303. The summed E-state index contributed by atoms with van der Waals surface area (Å²) in [6.07, 6.45) is 2.45. The quantitative estimate of drug-likeness (QED) is 0.929. The predicted octanol–water partition coefficient (Wildman–Crippen LogP) is 1.98. The van der Waals surface area contributed by atoms with E-state index in [0.717, 1.165) is 31.4 Å². The van der Waals surface area contributed by atoms with Crippen molar-refractivity contribution in [3.63, 3.8) is 0 Å². The highest BCUT2D eigenvalue weighted by Gasteiger charge is 2.34. The number of rotatable bonds is 3. The first-order chi connectivity index (χ1) is 8.96. The molecule has 7 heteroatoms. The number of halogens is 2. The SMILES string of the molecule is NCC1CCCCN1S(=O)(=O)c1cc(F)ccc1Cl. The first kappa shape index (κ1) is 14.7. The first-order valence-electron chi connectivity index (χ1n) is 6.14. The average molecular weight is 307 g/mol. The maximum atomic E-state index is 13.3. The van der Waals surface area contributed by atoms with E-state index in [2.05, 4.69) is 0 Å². The van der Waals surface area contributed by atoms with E-state index in [-0.39, 0.29) is 22.5 Å². The summed E-state index contributed by atoms with van der Waals surface area (Å²) in [4.78, 5) is -0.186. The molecular formula is C12H16ClFN2O2S. The monoisotopic (exact) mass is 306 g/mol. The smallest absolute Gasteiger partial charge is 0.244 e. The number of hydrogen-bond donors (Lipinski definition) is 1. The fourth-order valence-electron chi connectivity index (χ4n) is 2.33. The zero-order chi connectivity index (χ0) is 14.0. The van der Waals surface area contributed by atoms with Crippen LogP contribution in [0.2, 0.25) is 5.02 Å². The molecular weight excluding hydrogens is 291 g/mol. The topological polar surface area (TPSA) is 63.4 Å². The Morgan fingerprint density at radius 1 is 1.42 bits per heavy atom. The maximum absolute atomic E-state index is 13.3. The average Bonchev–Trinajstić information content (AvgIpc) is 2.41. The van der Waals surface area contributed by atoms with E-state index in [4.69, 9.17) is 17.3 Å². The fraction of sp³-hybridized carbons (Fsp3) is 0.500. The van der Waals surface area contributed by atoms with Crippen molar-refractivity contribution in [1.82, 2.24) is 4.31 Å². The first-order valence-corrected chi connectivity index (χ1v) is 7.95. The second-order valence-electron chi connectivity index (χ2n) is 4.58. The van der Waals surface area contributed by atoms with Crippen LogP contribution >= 0.6 is 11.6 Å². The Balaban J connectivity index is 2.43. The van der Waals surface area contributed by atoms with Crippen LogP contribution in [-0.4, -0.2) is 31.9 Å². The molecule has 2 N–H and O–H groups in total. The number of piperidine rings is 1. The Hall–Kier alpha value is -0.690. The maximum Gasteiger partial charge on any atom is 0.244 e. The molecule has 1 aromatic rings. The van der Waals surface area contributed by atoms with Crippen molar-refractivity contribution < 1.29 is 12.8 Å². The highest BCUT2D eigenvalue weighted by molar-refractivity contribution is 7.89. The van der Waals surface area contributed by atoms with Gasteiger partial charge in [0, 0.05) is 19.1 Å². The van der Waals surface area contributed by atoms with Crippen LogP contribution in [0.15, 0.2) is 23.1 Å². The van der Waals surface area contributed by atoms with E-state index in [0.29, 0.717) is 6.54 Å². The van der Waals surface area contributed by atoms with Gasteiger partial charge in [-0.3, -0.25) is 0 Å². The Labute approximate surface area is 117 Å². The minimum Gasteiger partial charge on any atom is -0.329 e. The van der Waals surface area contributed by atoms with Gasteiger partial charge in [0.05, 0.1) is 5.02 Å². The van der Waals surface area contributed by atoms with E-state index < -0.39 is 15.8 Å². The number of sulfonamides is 1. The van der Waals surface area contributed by atoms with Gasteiger partial charge in [0.25, 0.3) is 0 Å². The molecule has 19 heavy (non-hydrogen) atoms. The Bertz CT molecular complexity index is 565. The molecule has 0 radical (unpaired) electrons. The summed E-state index contributed by atoms with van der Waals surface area (Å²) in [5.41, 5.74) is 5.62. The Morgan fingerprint density at radius 3 is 2.84 bits per heavy atom. The largest absolute Gasteiger partial charge is 0.329 e. The molecule has 0 aliphatic carbocycles. The third kappa shape index (κ3) is 2.91. The van der Waals surface area contributed by atoms with Crippen molar-refractivity contribution in [3.05, 3.63) is 29.0 Å². The number of nitrogens with zero attached hydrogens (tertiary/aromatic N) is 1. The van der Waals surface area contributed by atoms with E-state index >= 15 is 0 Å². The summed E-state index contributed by atoms with van der Waals surface area (Å²) in [7, 11) is -3.80. The van der Waals surface area contributed by atoms with Crippen LogP contribution in [0.1, 0.15) is 19.3 Å². The number of benzene rings is 1. The molecule has 1 heterocycles. The molecule has 0 bridgehead atoms. The van der Waals surface area contributed by atoms with Crippen molar-refractivity contribution in [3.8, 4) is 0 Å². The van der Waals surface area contributed by atoms with Gasteiger partial charge in [0.2, 0.25) is 10.0 Å². The van der Waals surface area contributed by atoms with Gasteiger partial charge in [0.15, 0.2) is 0 Å². The van der Waals surface area contributed by atoms with Crippen LogP contribution < -0.4 is 5.73 Å². The van der Waals surface area contributed by atoms with E-state index in [1.807, 2.05) is 0 Å². The molecule has 0 aromatic heterocycles. The zero-order valence-electron chi connectivity index (χ0n) is 10.4. The van der Waals surface area contributed by atoms with Crippen molar-refractivity contribution >= 4 is 21.6 Å². The lowest BCUT2D eigenvalue weighted by Gasteiger charge is -2.34. The van der Waals surface area contributed by atoms with Gasteiger partial charge >= 0.3 is 0 Å². The molecule has 1 aliphatic rings. The number of nitrogens with two attached hydrogens (primary N) is 1. The summed E-state index contributed by atoms with van der Waals surface area (Å²) in [6.45, 7) is 0.656. The predicted molar refractivity (Wildman–Crippen MR) is 72.0 cm³/mol. The van der Waals surface area contributed by atoms with Crippen molar-refractivity contribution in [1.29, 1.82) is 0 Å². The standard InChI is InChI=1S/C12H16ClFN2O2S/c13-11-5-4-9(14)7-12(11)19(17,18)16-6-2-1-3-10(16)8-15/h4-5,7,10H,1-3,6,8,15H2. The Morgan fingerprint density at radius 2 is 2.16 bits per heavy atom. The summed E-state index contributed by atoms with van der Waals surface area (Å²) in [6, 6.07) is 3.11. The van der Waals surface area contributed by atoms with Crippen molar-refractivity contribution in [2.24, 2.45) is 5.73 Å². The minimum atomic E-state index is -3.80. The third-order valence-electron chi connectivity index (χ3n) is 3.33. The molecule has 106 valence electrons. The lowest BCUT2D eigenvalue weighted by Crippen LogP contribution is -2.47. The van der Waals surface area contributed by atoms with Gasteiger partial charge in [-0.15, -0.1) is 0 Å². The van der Waals surface area contributed by atoms with Crippen LogP contribution in [0.3, 0.4) is 0 Å². The van der Waals surface area contributed by atoms with Crippen LogP contribution in [0.25, 0.3) is 0 Å². The zero-order valence-corrected chi connectivity index (χ0v) is 11.9. The fourth-order valence-corrected chi connectivity index (χ4v) is 4.52. The second kappa shape index (κ2) is 5.75. The highest BCUT2D eigenvalue weighted by Crippen LogP contribution is 2.29. The van der Waals surface area contributed by atoms with Crippen LogP contribution in [0, 0.1) is 5.82 Å². The highest BCUT2D eigenvalue weighted by atomic mass is 35.5. The molecule has 1 atom stereocenters. The van der Waals surface area contributed by atoms with E-state index in [1.54, 1.807) is 0 Å². The van der Waals surface area contributed by atoms with Gasteiger partial charge in [-0.05, 0) is 31.0 Å². The minimum absolute atomic E-state index is 0.0303. The van der Waals surface area contributed by atoms with Crippen molar-refractivity contribution in [2.75, 3.05) is 13.1 Å². The molecule has 0 saturated carbocycles. The van der Waals surface area contributed by atoms with Crippen molar-refractivity contribution in [2.45, 2.75) is 30.2 Å². The van der Waals surface area contributed by atoms with Gasteiger partial charge in [-0.2, -0.15) is 4.31 Å². The molecule has 4 nitrogen and oxygen atoms in total. The van der Waals surface area contributed by atoms with Gasteiger partial charge in [-0.1, -0.05) is 18.0 Å². The second-order valence-corrected chi connectivity index (χ2v) is 6.84. The molecule has 1 aliphatic heterocycles. The lowest BCUT2D eigenvalue weighted by atomic mass is 10.1. The molecule has 1 fully saturated rings. The molecule has 0 amide bonds. The Kier molecular flexibility index (Phi) is 4.45. The van der Waals surface area contributed by atoms with Gasteiger partial charge < -0.3 is 5.73 Å². The van der Waals surface area contributed by atoms with Crippen LogP contribution in [0.5, 0.6) is 0 Å². The van der Waals surface area contributed by atoms with Crippen LogP contribution in [-0.2, 0) is 10.0 Å². The van der Waals surface area contributed by atoms with Gasteiger partial charge in [-0.25, -0.2) is 12.8 Å². The lowest BCUT2D eigenvalue weighted by molar-refractivity contribution is 0.257. The third-order valence-corrected chi connectivity index (χ3v) is 5.76.